The zero-order valence-corrected chi connectivity index (χ0v) is 18.9. The highest BCUT2D eigenvalue weighted by atomic mass is 32.1. The predicted molar refractivity (Wildman–Crippen MR) is 118 cm³/mol. The van der Waals surface area contributed by atoms with E-state index >= 15 is 0 Å². The van der Waals surface area contributed by atoms with Gasteiger partial charge in [-0.2, -0.15) is 0 Å². The molecule has 1 aliphatic heterocycles. The number of aromatic nitrogens is 3. The lowest BCUT2D eigenvalue weighted by Crippen LogP contribution is -2.35. The Morgan fingerprint density at radius 3 is 2.83 bits per heavy atom. The summed E-state index contributed by atoms with van der Waals surface area (Å²) in [5.41, 5.74) is 2.56. The van der Waals surface area contributed by atoms with Crippen LogP contribution in [0.4, 0.5) is 0 Å². The average Bonchev–Trinajstić information content (AvgIpc) is 3.37. The average molecular weight is 433 g/mol. The van der Waals surface area contributed by atoms with Gasteiger partial charge in [0, 0.05) is 55.6 Å². The molecule has 0 aliphatic carbocycles. The molecule has 3 aromatic rings. The molecule has 29 heavy (non-hydrogen) atoms. The summed E-state index contributed by atoms with van der Waals surface area (Å²) >= 11 is 3.27. The van der Waals surface area contributed by atoms with Crippen LogP contribution < -0.4 is 5.32 Å². The van der Waals surface area contributed by atoms with Crippen LogP contribution in [0.5, 0.6) is 0 Å². The molecule has 0 spiro atoms. The number of hydrogen-bond donors (Lipinski definition) is 1. The Morgan fingerprint density at radius 1 is 1.17 bits per heavy atom. The normalized spacial score (nSPS) is 16.1. The summed E-state index contributed by atoms with van der Waals surface area (Å²) in [6.45, 7) is 9.07. The molecular formula is C20H28N6OS2. The summed E-state index contributed by atoms with van der Waals surface area (Å²) in [6.07, 6.45) is 3.00. The Kier molecular flexibility index (Phi) is 6.29. The minimum atomic E-state index is 0.0451. The molecule has 7 nitrogen and oxygen atoms in total. The van der Waals surface area contributed by atoms with Crippen LogP contribution in [0, 0.1) is 0 Å². The van der Waals surface area contributed by atoms with Gasteiger partial charge in [0.2, 0.25) is 0 Å². The fraction of sp³-hybridized carbons (Fsp3) is 0.550. The Balaban J connectivity index is 1.49. The highest BCUT2D eigenvalue weighted by molar-refractivity contribution is 7.15. The van der Waals surface area contributed by atoms with E-state index in [1.54, 1.807) is 22.7 Å². The maximum atomic E-state index is 13.3. The molecule has 0 unspecified atom stereocenters. The van der Waals surface area contributed by atoms with Crippen LogP contribution >= 0.6 is 22.7 Å². The summed E-state index contributed by atoms with van der Waals surface area (Å²) in [6, 6.07) is 0. The number of nitrogens with zero attached hydrogens (tertiary/aromatic N) is 5. The van der Waals surface area contributed by atoms with Gasteiger partial charge >= 0.3 is 0 Å². The van der Waals surface area contributed by atoms with E-state index < -0.39 is 0 Å². The molecule has 3 aromatic heterocycles. The third-order valence-electron chi connectivity index (χ3n) is 5.23. The van der Waals surface area contributed by atoms with E-state index in [0.717, 1.165) is 54.0 Å². The maximum absolute atomic E-state index is 13.3. The van der Waals surface area contributed by atoms with Crippen molar-refractivity contribution in [3.63, 3.8) is 0 Å². The van der Waals surface area contributed by atoms with E-state index in [2.05, 4.69) is 46.5 Å². The Hall–Kier alpha value is -1.81. The summed E-state index contributed by atoms with van der Waals surface area (Å²) in [5, 5.41) is 8.75. The summed E-state index contributed by atoms with van der Waals surface area (Å²) in [5.74, 6) is 0.495. The largest absolute Gasteiger partial charge is 0.336 e. The van der Waals surface area contributed by atoms with Gasteiger partial charge in [0.25, 0.3) is 5.91 Å². The molecule has 0 aromatic carbocycles. The summed E-state index contributed by atoms with van der Waals surface area (Å²) in [4.78, 5) is 27.7. The number of amides is 1. The number of thiazole rings is 2. The molecule has 4 heterocycles. The van der Waals surface area contributed by atoms with Crippen molar-refractivity contribution >= 4 is 33.5 Å². The van der Waals surface area contributed by atoms with Gasteiger partial charge in [-0.15, -0.1) is 22.7 Å². The van der Waals surface area contributed by atoms with Gasteiger partial charge in [-0.1, -0.05) is 13.8 Å². The van der Waals surface area contributed by atoms with Crippen molar-refractivity contribution < 1.29 is 4.79 Å². The Bertz CT molecular complexity index is 975. The topological polar surface area (TPSA) is 65.8 Å². The molecule has 156 valence electrons. The fourth-order valence-corrected chi connectivity index (χ4v) is 5.12. The van der Waals surface area contributed by atoms with Gasteiger partial charge in [-0.05, 0) is 20.0 Å². The number of carbonyl (C=O) groups excluding carboxylic acids is 1. The highest BCUT2D eigenvalue weighted by Gasteiger charge is 2.25. The smallest absolute Gasteiger partial charge is 0.274 e. The molecule has 0 saturated carbocycles. The van der Waals surface area contributed by atoms with E-state index in [1.165, 1.54) is 0 Å². The number of hydrogen-bond acceptors (Lipinski definition) is 7. The van der Waals surface area contributed by atoms with Gasteiger partial charge in [0.1, 0.15) is 0 Å². The van der Waals surface area contributed by atoms with Crippen LogP contribution in [0.3, 0.4) is 0 Å². The number of nitrogens with one attached hydrogen (secondary N) is 1. The van der Waals surface area contributed by atoms with E-state index in [0.29, 0.717) is 24.7 Å². The fourth-order valence-electron chi connectivity index (χ4n) is 3.55. The molecule has 0 radical (unpaired) electrons. The molecule has 0 bridgehead atoms. The number of rotatable bonds is 6. The van der Waals surface area contributed by atoms with Gasteiger partial charge in [0.15, 0.2) is 10.7 Å². The van der Waals surface area contributed by atoms with Crippen molar-refractivity contribution in [1.29, 1.82) is 0 Å². The van der Waals surface area contributed by atoms with Crippen LogP contribution in [-0.2, 0) is 13.1 Å². The molecule has 1 fully saturated rings. The lowest BCUT2D eigenvalue weighted by atomic mass is 10.2. The molecule has 1 N–H and O–H groups in total. The third-order valence-corrected chi connectivity index (χ3v) is 7.18. The second kappa shape index (κ2) is 8.91. The van der Waals surface area contributed by atoms with E-state index in [-0.39, 0.29) is 5.91 Å². The van der Waals surface area contributed by atoms with E-state index in [4.69, 9.17) is 0 Å². The lowest BCUT2D eigenvalue weighted by Gasteiger charge is -2.20. The molecule has 1 amide bonds. The first kappa shape index (κ1) is 20.5. The molecule has 1 aliphatic rings. The minimum absolute atomic E-state index is 0.0451. The van der Waals surface area contributed by atoms with Crippen molar-refractivity contribution in [3.8, 4) is 0 Å². The highest BCUT2D eigenvalue weighted by Crippen LogP contribution is 2.21. The molecule has 0 atom stereocenters. The van der Waals surface area contributed by atoms with Crippen molar-refractivity contribution in [2.75, 3.05) is 33.2 Å². The van der Waals surface area contributed by atoms with Gasteiger partial charge in [0.05, 0.1) is 16.4 Å². The Morgan fingerprint density at radius 2 is 2.03 bits per heavy atom. The van der Waals surface area contributed by atoms with Crippen LogP contribution in [-0.4, -0.2) is 63.3 Å². The zero-order valence-electron chi connectivity index (χ0n) is 17.2. The van der Waals surface area contributed by atoms with E-state index in [1.807, 2.05) is 20.9 Å². The van der Waals surface area contributed by atoms with Crippen molar-refractivity contribution in [3.05, 3.63) is 39.0 Å². The van der Waals surface area contributed by atoms with Gasteiger partial charge < -0.3 is 15.1 Å². The maximum Gasteiger partial charge on any atom is 0.274 e. The third kappa shape index (κ3) is 4.53. The number of likely N-dealkylation sites (N-methyl/N-ethyl adjacent to an activating group) is 1. The number of imidazole rings is 1. The Labute approximate surface area is 179 Å². The van der Waals surface area contributed by atoms with Crippen LogP contribution in [0.2, 0.25) is 0 Å². The molecular weight excluding hydrogens is 404 g/mol. The SMILES string of the molecule is CC(C)c1nc(CNCc2c(C(=O)N3CCCN(C)CC3)nc3sccn23)cs1. The number of carbonyl (C=O) groups is 1. The van der Waals surface area contributed by atoms with Crippen LogP contribution in [0.1, 0.15) is 53.1 Å². The van der Waals surface area contributed by atoms with Crippen LogP contribution in [0.25, 0.3) is 4.96 Å². The van der Waals surface area contributed by atoms with Crippen molar-refractivity contribution in [2.45, 2.75) is 39.3 Å². The molecule has 9 heteroatoms. The molecule has 1 saturated heterocycles. The van der Waals surface area contributed by atoms with Gasteiger partial charge in [-0.3, -0.25) is 9.20 Å². The van der Waals surface area contributed by atoms with Crippen molar-refractivity contribution in [1.82, 2.24) is 29.5 Å². The van der Waals surface area contributed by atoms with Crippen molar-refractivity contribution in [2.24, 2.45) is 0 Å². The second-order valence-electron chi connectivity index (χ2n) is 7.85. The quantitative estimate of drug-likeness (QED) is 0.649. The molecule has 4 rings (SSSR count). The second-order valence-corrected chi connectivity index (χ2v) is 9.61. The predicted octanol–water partition coefficient (Wildman–Crippen LogP) is 3.04. The number of fused-ring (bicyclic) bond motifs is 1. The van der Waals surface area contributed by atoms with Crippen LogP contribution in [0.15, 0.2) is 17.0 Å². The first-order valence-corrected chi connectivity index (χ1v) is 11.9. The first-order chi connectivity index (χ1) is 14.0. The minimum Gasteiger partial charge on any atom is -0.336 e. The first-order valence-electron chi connectivity index (χ1n) is 10.1. The summed E-state index contributed by atoms with van der Waals surface area (Å²) < 4.78 is 2.04. The van der Waals surface area contributed by atoms with Gasteiger partial charge in [-0.25, -0.2) is 9.97 Å². The monoisotopic (exact) mass is 432 g/mol. The van der Waals surface area contributed by atoms with E-state index in [9.17, 15) is 4.79 Å². The lowest BCUT2D eigenvalue weighted by molar-refractivity contribution is 0.0756. The zero-order chi connectivity index (χ0) is 20.4. The summed E-state index contributed by atoms with van der Waals surface area (Å²) in [7, 11) is 2.11. The standard InChI is InChI=1S/C20H28N6OS2/c1-14(2)18-22-15(13-29-18)11-21-12-16-17(23-20-26(16)9-10-28-20)19(27)25-6-4-5-24(3)7-8-25/h9-10,13-14,21H,4-8,11-12H2,1-3H3.